The van der Waals surface area contributed by atoms with E-state index in [1.54, 1.807) is 4.68 Å². The van der Waals surface area contributed by atoms with E-state index in [2.05, 4.69) is 23.9 Å². The summed E-state index contributed by atoms with van der Waals surface area (Å²) in [5, 5.41) is 4.37. The summed E-state index contributed by atoms with van der Waals surface area (Å²) in [6.07, 6.45) is -3.54. The van der Waals surface area contributed by atoms with Gasteiger partial charge in [0, 0.05) is 11.9 Å². The first-order chi connectivity index (χ1) is 9.21. The van der Waals surface area contributed by atoms with Crippen LogP contribution < -0.4 is 0 Å². The summed E-state index contributed by atoms with van der Waals surface area (Å²) < 4.78 is 39.1. The first kappa shape index (κ1) is 14.6. The second kappa shape index (κ2) is 4.92. The first-order valence-corrected chi connectivity index (χ1v) is 6.31. The zero-order chi connectivity index (χ0) is 15.1. The third-order valence-electron chi connectivity index (χ3n) is 3.22. The lowest BCUT2D eigenvalue weighted by atomic mass is 10.0. The summed E-state index contributed by atoms with van der Waals surface area (Å²) in [4.78, 5) is 3.87. The van der Waals surface area contributed by atoms with E-state index in [0.717, 1.165) is 29.2 Å². The number of hydrogen-bond acceptors (Lipinski definition) is 2. The van der Waals surface area contributed by atoms with Gasteiger partial charge < -0.3 is 0 Å². The molecule has 0 fully saturated rings. The smallest absolute Gasteiger partial charge is 0.236 e. The molecule has 0 saturated heterocycles. The van der Waals surface area contributed by atoms with Crippen molar-refractivity contribution >= 4 is 0 Å². The van der Waals surface area contributed by atoms with Gasteiger partial charge in [-0.05, 0) is 37.5 Å². The highest BCUT2D eigenvalue weighted by molar-refractivity contribution is 5.35. The Morgan fingerprint density at radius 2 is 1.80 bits per heavy atom. The molecule has 0 aliphatic heterocycles. The molecule has 3 nitrogen and oxygen atoms in total. The molecule has 0 amide bonds. The minimum absolute atomic E-state index is 0.304. The van der Waals surface area contributed by atoms with Crippen molar-refractivity contribution < 1.29 is 13.2 Å². The van der Waals surface area contributed by atoms with Crippen LogP contribution in [0.2, 0.25) is 0 Å². The zero-order valence-electron chi connectivity index (χ0n) is 11.8. The minimum atomic E-state index is -4.37. The summed E-state index contributed by atoms with van der Waals surface area (Å²) in [5.41, 5.74) is 2.13. The molecular weight excluding hydrogens is 267 g/mol. The second-order valence-electron chi connectivity index (χ2n) is 5.05. The predicted octanol–water partition coefficient (Wildman–Crippen LogP) is 4.03. The molecule has 0 aromatic carbocycles. The molecule has 2 aromatic rings. The Morgan fingerprint density at radius 1 is 1.15 bits per heavy atom. The number of alkyl halides is 3. The van der Waals surface area contributed by atoms with Gasteiger partial charge in [-0.15, -0.1) is 0 Å². The van der Waals surface area contributed by atoms with Crippen LogP contribution in [-0.2, 0) is 6.18 Å². The van der Waals surface area contributed by atoms with Crippen LogP contribution >= 0.6 is 0 Å². The van der Waals surface area contributed by atoms with E-state index in [1.807, 2.05) is 13.8 Å². The molecule has 0 aliphatic rings. The van der Waals surface area contributed by atoms with Gasteiger partial charge in [-0.25, -0.2) is 9.67 Å². The fourth-order valence-corrected chi connectivity index (χ4v) is 2.39. The normalized spacial score (nSPS) is 12.2. The Labute approximate surface area is 115 Å². The monoisotopic (exact) mass is 283 g/mol. The maximum Gasteiger partial charge on any atom is 0.417 e. The van der Waals surface area contributed by atoms with Crippen LogP contribution in [0.3, 0.4) is 0 Å². The van der Waals surface area contributed by atoms with Crippen molar-refractivity contribution in [2.45, 2.75) is 39.8 Å². The average molecular weight is 283 g/mol. The topological polar surface area (TPSA) is 30.7 Å². The number of hydrogen-bond donors (Lipinski definition) is 0. The number of aromatic nitrogens is 3. The van der Waals surface area contributed by atoms with E-state index in [9.17, 15) is 13.2 Å². The third-order valence-corrected chi connectivity index (χ3v) is 3.22. The maximum absolute atomic E-state index is 12.5. The molecule has 0 atom stereocenters. The van der Waals surface area contributed by atoms with Crippen LogP contribution in [0, 0.1) is 13.8 Å². The maximum atomic E-state index is 12.5. The van der Waals surface area contributed by atoms with E-state index < -0.39 is 11.7 Å². The highest BCUT2D eigenvalue weighted by Gasteiger charge is 2.30. The average Bonchev–Trinajstić information content (AvgIpc) is 2.64. The lowest BCUT2D eigenvalue weighted by molar-refractivity contribution is -0.137. The van der Waals surface area contributed by atoms with Gasteiger partial charge in [0.2, 0.25) is 0 Å². The molecule has 2 heterocycles. The van der Waals surface area contributed by atoms with Crippen LogP contribution in [0.5, 0.6) is 0 Å². The molecule has 2 aromatic heterocycles. The van der Waals surface area contributed by atoms with Gasteiger partial charge in [0.1, 0.15) is 0 Å². The van der Waals surface area contributed by atoms with Gasteiger partial charge in [0.25, 0.3) is 0 Å². The molecule has 20 heavy (non-hydrogen) atoms. The van der Waals surface area contributed by atoms with Crippen LogP contribution in [0.1, 0.15) is 42.3 Å². The van der Waals surface area contributed by atoms with E-state index in [4.69, 9.17) is 0 Å². The molecule has 108 valence electrons. The van der Waals surface area contributed by atoms with Gasteiger partial charge in [0.15, 0.2) is 5.82 Å². The van der Waals surface area contributed by atoms with Crippen molar-refractivity contribution in [2.75, 3.05) is 0 Å². The Bertz CT molecular complexity index is 610. The Hall–Kier alpha value is -1.85. The minimum Gasteiger partial charge on any atom is -0.236 e. The van der Waals surface area contributed by atoms with Crippen molar-refractivity contribution in [1.29, 1.82) is 0 Å². The standard InChI is InChI=1S/C14H16F3N3/c1-8(2)13-9(3)19-20(10(13)4)12-6-5-11(7-18-12)14(15,16)17/h5-8H,1-4H3. The lowest BCUT2D eigenvalue weighted by Gasteiger charge is -2.09. The fraction of sp³-hybridized carbons (Fsp3) is 0.429. The van der Waals surface area contributed by atoms with Gasteiger partial charge in [-0.1, -0.05) is 13.8 Å². The fourth-order valence-electron chi connectivity index (χ4n) is 2.39. The Morgan fingerprint density at radius 3 is 2.20 bits per heavy atom. The SMILES string of the molecule is Cc1nn(-c2ccc(C(F)(F)F)cn2)c(C)c1C(C)C. The van der Waals surface area contributed by atoms with E-state index in [1.165, 1.54) is 6.07 Å². The van der Waals surface area contributed by atoms with Crippen molar-refractivity contribution in [3.8, 4) is 5.82 Å². The molecule has 0 saturated carbocycles. The molecule has 0 bridgehead atoms. The summed E-state index contributed by atoms with van der Waals surface area (Å²) in [6.45, 7) is 7.90. The van der Waals surface area contributed by atoms with Crippen LogP contribution in [0.4, 0.5) is 13.2 Å². The molecule has 0 aliphatic carbocycles. The molecule has 0 radical (unpaired) electrons. The van der Waals surface area contributed by atoms with Crippen LogP contribution in [-0.4, -0.2) is 14.8 Å². The van der Waals surface area contributed by atoms with Gasteiger partial charge in [-0.2, -0.15) is 18.3 Å². The van der Waals surface area contributed by atoms with Crippen molar-refractivity contribution in [3.63, 3.8) is 0 Å². The van der Waals surface area contributed by atoms with Crippen molar-refractivity contribution in [2.24, 2.45) is 0 Å². The van der Waals surface area contributed by atoms with Crippen molar-refractivity contribution in [1.82, 2.24) is 14.8 Å². The van der Waals surface area contributed by atoms with E-state index in [-0.39, 0.29) is 0 Å². The first-order valence-electron chi connectivity index (χ1n) is 6.31. The highest BCUT2D eigenvalue weighted by atomic mass is 19.4. The highest BCUT2D eigenvalue weighted by Crippen LogP contribution is 2.29. The summed E-state index contributed by atoms with van der Waals surface area (Å²) in [6, 6.07) is 2.36. The van der Waals surface area contributed by atoms with Crippen molar-refractivity contribution in [3.05, 3.63) is 40.8 Å². The van der Waals surface area contributed by atoms with Crippen LogP contribution in [0.25, 0.3) is 5.82 Å². The van der Waals surface area contributed by atoms with Crippen LogP contribution in [0.15, 0.2) is 18.3 Å². The summed E-state index contributed by atoms with van der Waals surface area (Å²) in [5.74, 6) is 0.698. The number of rotatable bonds is 2. The Kier molecular flexibility index (Phi) is 3.58. The predicted molar refractivity (Wildman–Crippen MR) is 69.9 cm³/mol. The number of aryl methyl sites for hydroxylation is 1. The second-order valence-corrected chi connectivity index (χ2v) is 5.05. The van der Waals surface area contributed by atoms with E-state index in [0.29, 0.717) is 11.7 Å². The molecule has 0 unspecified atom stereocenters. The number of halogens is 3. The third kappa shape index (κ3) is 2.55. The van der Waals surface area contributed by atoms with E-state index >= 15 is 0 Å². The molecule has 0 spiro atoms. The van der Waals surface area contributed by atoms with Gasteiger partial charge >= 0.3 is 6.18 Å². The Balaban J connectivity index is 2.45. The lowest BCUT2D eigenvalue weighted by Crippen LogP contribution is -2.08. The summed E-state index contributed by atoms with van der Waals surface area (Å²) >= 11 is 0. The molecular formula is C14H16F3N3. The number of pyridine rings is 1. The molecule has 2 rings (SSSR count). The molecule has 6 heteroatoms. The zero-order valence-corrected chi connectivity index (χ0v) is 11.8. The largest absolute Gasteiger partial charge is 0.417 e. The summed E-state index contributed by atoms with van der Waals surface area (Å²) in [7, 11) is 0. The quantitative estimate of drug-likeness (QED) is 0.833. The van der Waals surface area contributed by atoms with Gasteiger partial charge in [0.05, 0.1) is 11.3 Å². The number of nitrogens with zero attached hydrogens (tertiary/aromatic N) is 3. The van der Waals surface area contributed by atoms with Gasteiger partial charge in [-0.3, -0.25) is 0 Å². The molecule has 0 N–H and O–H groups in total.